The summed E-state index contributed by atoms with van der Waals surface area (Å²) in [7, 11) is -4.48. The van der Waals surface area contributed by atoms with Crippen LogP contribution < -0.4 is 9.74 Å². The predicted octanol–water partition coefficient (Wildman–Crippen LogP) is 2.52. The first kappa shape index (κ1) is 22.8. The molecule has 0 unspecified atom stereocenters. The molecule has 2 aromatic carbocycles. The van der Waals surface area contributed by atoms with Crippen molar-refractivity contribution in [1.29, 1.82) is 0 Å². The summed E-state index contributed by atoms with van der Waals surface area (Å²) in [6.45, 7) is 2.81. The van der Waals surface area contributed by atoms with Crippen molar-refractivity contribution in [3.63, 3.8) is 0 Å². The largest absolute Gasteiger partial charge is 0.461 e. The number of benzene rings is 2. The highest BCUT2D eigenvalue weighted by atomic mass is 32.2. The molecule has 166 valence electrons. The standard InChI is InChI=1S/C21H17FN2O7S/c1-3-30-21(27)20-18(12-19(26)24(23-20)16-8-6-15(22)7-9-16)31-32(28,29)17-10-4-14(5-11-17)13(2)25/h4-12H,3H2,1-2H3. The number of aromatic nitrogens is 2. The first-order chi connectivity index (χ1) is 15.1. The number of hydrogen-bond donors (Lipinski definition) is 0. The smallest absolute Gasteiger partial charge is 0.362 e. The van der Waals surface area contributed by atoms with Crippen molar-refractivity contribution in [3.8, 4) is 11.4 Å². The normalized spacial score (nSPS) is 11.1. The molecule has 11 heteroatoms. The number of ketones is 1. The fourth-order valence-electron chi connectivity index (χ4n) is 2.63. The van der Waals surface area contributed by atoms with Gasteiger partial charge in [-0.15, -0.1) is 0 Å². The van der Waals surface area contributed by atoms with Gasteiger partial charge in [0.1, 0.15) is 10.7 Å². The molecule has 1 aromatic heterocycles. The van der Waals surface area contributed by atoms with Gasteiger partial charge in [-0.3, -0.25) is 9.59 Å². The number of esters is 1. The lowest BCUT2D eigenvalue weighted by atomic mass is 10.2. The van der Waals surface area contributed by atoms with E-state index in [2.05, 4.69) is 5.10 Å². The first-order valence-corrected chi connectivity index (χ1v) is 10.7. The summed E-state index contributed by atoms with van der Waals surface area (Å²) in [6.07, 6.45) is 0. The quantitative estimate of drug-likeness (QED) is 0.300. The number of rotatable bonds is 7. The van der Waals surface area contributed by atoms with Gasteiger partial charge in [0.15, 0.2) is 11.5 Å². The molecular formula is C21H17FN2O7S. The molecule has 0 aliphatic heterocycles. The SMILES string of the molecule is CCOC(=O)c1nn(-c2ccc(F)cc2)c(=O)cc1OS(=O)(=O)c1ccc(C(C)=O)cc1. The maximum absolute atomic E-state index is 13.2. The second-order valence-corrected chi connectivity index (χ2v) is 7.97. The van der Waals surface area contributed by atoms with E-state index in [1.165, 1.54) is 38.1 Å². The molecule has 0 bridgehead atoms. The summed E-state index contributed by atoms with van der Waals surface area (Å²) in [6, 6.07) is 10.4. The van der Waals surface area contributed by atoms with Gasteiger partial charge >= 0.3 is 16.1 Å². The van der Waals surface area contributed by atoms with Gasteiger partial charge in [0.25, 0.3) is 5.56 Å². The van der Waals surface area contributed by atoms with E-state index < -0.39 is 38.9 Å². The van der Waals surface area contributed by atoms with Gasteiger partial charge < -0.3 is 8.92 Å². The van der Waals surface area contributed by atoms with Crippen molar-refractivity contribution in [2.75, 3.05) is 6.61 Å². The van der Waals surface area contributed by atoms with Crippen LogP contribution in [0.5, 0.6) is 5.75 Å². The van der Waals surface area contributed by atoms with Crippen molar-refractivity contribution in [1.82, 2.24) is 9.78 Å². The second kappa shape index (κ2) is 9.10. The fraction of sp³-hybridized carbons (Fsp3) is 0.143. The Hall–Kier alpha value is -3.86. The minimum absolute atomic E-state index is 0.0467. The Labute approximate surface area is 182 Å². The van der Waals surface area contributed by atoms with Crippen LogP contribution in [0.3, 0.4) is 0 Å². The molecule has 0 atom stereocenters. The number of ether oxygens (including phenoxy) is 1. The summed E-state index contributed by atoms with van der Waals surface area (Å²) < 4.78 is 49.3. The van der Waals surface area contributed by atoms with Crippen molar-refractivity contribution < 1.29 is 31.3 Å². The van der Waals surface area contributed by atoms with Crippen LogP contribution in [0.15, 0.2) is 64.3 Å². The summed E-state index contributed by atoms with van der Waals surface area (Å²) in [5, 5.41) is 3.88. The summed E-state index contributed by atoms with van der Waals surface area (Å²) in [4.78, 5) is 36.0. The van der Waals surface area contributed by atoms with Crippen LogP contribution in [-0.4, -0.2) is 36.6 Å². The van der Waals surface area contributed by atoms with Crippen LogP contribution in [0, 0.1) is 5.82 Å². The maximum atomic E-state index is 13.2. The molecule has 1 heterocycles. The molecule has 0 aliphatic rings. The highest BCUT2D eigenvalue weighted by Gasteiger charge is 2.25. The lowest BCUT2D eigenvalue weighted by Crippen LogP contribution is -2.26. The average molecular weight is 460 g/mol. The van der Waals surface area contributed by atoms with E-state index in [9.17, 15) is 27.2 Å². The fourth-order valence-corrected chi connectivity index (χ4v) is 3.56. The van der Waals surface area contributed by atoms with Crippen LogP contribution in [-0.2, 0) is 14.9 Å². The van der Waals surface area contributed by atoms with Gasteiger partial charge in [-0.2, -0.15) is 18.2 Å². The van der Waals surface area contributed by atoms with Gasteiger partial charge in [-0.1, -0.05) is 12.1 Å². The number of carbonyl (C=O) groups is 2. The van der Waals surface area contributed by atoms with E-state index in [1.54, 1.807) is 0 Å². The van der Waals surface area contributed by atoms with E-state index >= 15 is 0 Å². The molecule has 3 aromatic rings. The van der Waals surface area contributed by atoms with Gasteiger partial charge in [0, 0.05) is 5.56 Å². The Balaban J connectivity index is 2.07. The highest BCUT2D eigenvalue weighted by Crippen LogP contribution is 2.22. The molecule has 0 amide bonds. The van der Waals surface area contributed by atoms with Crippen molar-refractivity contribution in [2.45, 2.75) is 18.7 Å². The number of nitrogens with zero attached hydrogens (tertiary/aromatic N) is 2. The molecule has 0 N–H and O–H groups in total. The molecule has 9 nitrogen and oxygen atoms in total. The summed E-state index contributed by atoms with van der Waals surface area (Å²) in [5.41, 5.74) is -0.975. The monoisotopic (exact) mass is 460 g/mol. The number of halogens is 1. The molecule has 0 spiro atoms. The lowest BCUT2D eigenvalue weighted by Gasteiger charge is -2.12. The van der Waals surface area contributed by atoms with Gasteiger partial charge in [-0.05, 0) is 50.2 Å². The first-order valence-electron chi connectivity index (χ1n) is 9.25. The van der Waals surface area contributed by atoms with Crippen LogP contribution >= 0.6 is 0 Å². The van der Waals surface area contributed by atoms with E-state index in [0.717, 1.165) is 35.0 Å². The van der Waals surface area contributed by atoms with E-state index in [0.29, 0.717) is 5.56 Å². The molecule has 32 heavy (non-hydrogen) atoms. The average Bonchev–Trinajstić information content (AvgIpc) is 2.74. The molecule has 0 aliphatic carbocycles. The van der Waals surface area contributed by atoms with E-state index in [-0.39, 0.29) is 23.0 Å². The van der Waals surface area contributed by atoms with Crippen molar-refractivity contribution in [2.24, 2.45) is 0 Å². The predicted molar refractivity (Wildman–Crippen MR) is 110 cm³/mol. The molecule has 0 saturated heterocycles. The Bertz CT molecular complexity index is 1330. The zero-order chi connectivity index (χ0) is 23.5. The van der Waals surface area contributed by atoms with Crippen LogP contribution in [0.4, 0.5) is 4.39 Å². The third-order valence-corrected chi connectivity index (χ3v) is 5.43. The number of carbonyl (C=O) groups excluding carboxylic acids is 2. The highest BCUT2D eigenvalue weighted by molar-refractivity contribution is 7.87. The zero-order valence-corrected chi connectivity index (χ0v) is 17.8. The maximum Gasteiger partial charge on any atom is 0.362 e. The molecular weight excluding hydrogens is 443 g/mol. The third kappa shape index (κ3) is 4.89. The van der Waals surface area contributed by atoms with E-state index in [1.807, 2.05) is 0 Å². The van der Waals surface area contributed by atoms with Crippen LogP contribution in [0.1, 0.15) is 34.7 Å². The van der Waals surface area contributed by atoms with Crippen molar-refractivity contribution in [3.05, 3.63) is 82.0 Å². The second-order valence-electron chi connectivity index (χ2n) is 6.42. The van der Waals surface area contributed by atoms with Crippen LogP contribution in [0.2, 0.25) is 0 Å². The summed E-state index contributed by atoms with van der Waals surface area (Å²) in [5.74, 6) is -2.47. The Morgan fingerprint density at radius 3 is 2.25 bits per heavy atom. The minimum Gasteiger partial charge on any atom is -0.461 e. The van der Waals surface area contributed by atoms with E-state index in [4.69, 9.17) is 8.92 Å². The van der Waals surface area contributed by atoms with Gasteiger partial charge in [-0.25, -0.2) is 9.18 Å². The lowest BCUT2D eigenvalue weighted by molar-refractivity contribution is 0.0514. The van der Waals surface area contributed by atoms with Crippen molar-refractivity contribution >= 4 is 21.9 Å². The number of Topliss-reactive ketones (excluding diaryl/α,β-unsaturated/α-hetero) is 1. The Morgan fingerprint density at radius 2 is 1.69 bits per heavy atom. The zero-order valence-electron chi connectivity index (χ0n) is 16.9. The molecule has 0 radical (unpaired) electrons. The van der Waals surface area contributed by atoms with Gasteiger partial charge in [0.2, 0.25) is 5.69 Å². The molecule has 3 rings (SSSR count). The molecule has 0 saturated carbocycles. The Morgan fingerprint density at radius 1 is 1.06 bits per heavy atom. The number of hydrogen-bond acceptors (Lipinski definition) is 8. The summed E-state index contributed by atoms with van der Waals surface area (Å²) >= 11 is 0. The molecule has 0 fully saturated rings. The minimum atomic E-state index is -4.48. The Kier molecular flexibility index (Phi) is 6.49. The third-order valence-electron chi connectivity index (χ3n) is 4.19. The van der Waals surface area contributed by atoms with Crippen LogP contribution in [0.25, 0.3) is 5.69 Å². The topological polar surface area (TPSA) is 122 Å². The van der Waals surface area contributed by atoms with Gasteiger partial charge in [0.05, 0.1) is 18.4 Å².